The first-order valence-corrected chi connectivity index (χ1v) is 9.63. The predicted octanol–water partition coefficient (Wildman–Crippen LogP) is 6.16. The van der Waals surface area contributed by atoms with Gasteiger partial charge in [0.2, 0.25) is 0 Å². The van der Waals surface area contributed by atoms with Crippen molar-refractivity contribution in [2.24, 2.45) is 0 Å². The summed E-state index contributed by atoms with van der Waals surface area (Å²) in [6, 6.07) is 38.1. The quantitative estimate of drug-likeness (QED) is 0.241. The van der Waals surface area contributed by atoms with Gasteiger partial charge in [-0.15, -0.1) is 71.3 Å². The van der Waals surface area contributed by atoms with Crippen molar-refractivity contribution in [3.8, 4) is 33.8 Å². The molecule has 153 valence electrons. The van der Waals surface area contributed by atoms with Crippen LogP contribution >= 0.6 is 0 Å². The summed E-state index contributed by atoms with van der Waals surface area (Å²) < 4.78 is 0. The SMILES string of the molecule is [Ir].[c-]1ccc(-c2ccccc2)cc1-c1ncccn1.[c-]1ccccc1-c1ccccn1. The minimum absolute atomic E-state index is 0. The fourth-order valence-corrected chi connectivity index (χ4v) is 2.92. The molecule has 3 aromatic carbocycles. The van der Waals surface area contributed by atoms with E-state index in [1.807, 2.05) is 78.9 Å². The van der Waals surface area contributed by atoms with Crippen LogP contribution in [0.5, 0.6) is 0 Å². The van der Waals surface area contributed by atoms with Crippen molar-refractivity contribution in [2.75, 3.05) is 0 Å². The molecule has 0 atom stereocenters. The minimum Gasteiger partial charge on any atom is -0.305 e. The maximum Gasteiger partial charge on any atom is 0.0748 e. The predicted molar refractivity (Wildman–Crippen MR) is 120 cm³/mol. The number of benzene rings is 3. The first-order valence-electron chi connectivity index (χ1n) is 9.63. The van der Waals surface area contributed by atoms with Crippen LogP contribution in [-0.2, 0) is 20.1 Å². The van der Waals surface area contributed by atoms with E-state index in [0.717, 1.165) is 22.4 Å². The molecule has 0 aliphatic rings. The van der Waals surface area contributed by atoms with E-state index in [1.54, 1.807) is 18.6 Å². The summed E-state index contributed by atoms with van der Waals surface area (Å²) in [4.78, 5) is 12.7. The van der Waals surface area contributed by atoms with Crippen molar-refractivity contribution < 1.29 is 20.1 Å². The number of rotatable bonds is 3. The van der Waals surface area contributed by atoms with Crippen LogP contribution < -0.4 is 0 Å². The average molecular weight is 578 g/mol. The summed E-state index contributed by atoms with van der Waals surface area (Å²) in [5.74, 6) is 0.704. The molecular formula is C27H19IrN3-2. The Morgan fingerprint density at radius 3 is 1.94 bits per heavy atom. The van der Waals surface area contributed by atoms with Gasteiger partial charge >= 0.3 is 0 Å². The van der Waals surface area contributed by atoms with Gasteiger partial charge in [-0.1, -0.05) is 42.5 Å². The van der Waals surface area contributed by atoms with Crippen LogP contribution in [0.4, 0.5) is 0 Å². The second-order valence-corrected chi connectivity index (χ2v) is 6.42. The Labute approximate surface area is 196 Å². The Bertz CT molecular complexity index is 1070. The molecule has 0 saturated carbocycles. The van der Waals surface area contributed by atoms with E-state index < -0.39 is 0 Å². The summed E-state index contributed by atoms with van der Waals surface area (Å²) in [5.41, 5.74) is 5.26. The molecule has 31 heavy (non-hydrogen) atoms. The number of nitrogens with zero attached hydrogens (tertiary/aromatic N) is 3. The topological polar surface area (TPSA) is 38.7 Å². The van der Waals surface area contributed by atoms with Crippen LogP contribution in [-0.4, -0.2) is 15.0 Å². The Hall–Kier alpha value is -3.46. The first kappa shape index (κ1) is 22.2. The molecule has 5 rings (SSSR count). The third kappa shape index (κ3) is 6.26. The van der Waals surface area contributed by atoms with Gasteiger partial charge in [0, 0.05) is 38.7 Å². The van der Waals surface area contributed by atoms with Crippen LogP contribution in [0.2, 0.25) is 0 Å². The second kappa shape index (κ2) is 11.7. The molecule has 0 saturated heterocycles. The molecule has 4 heteroatoms. The molecule has 0 spiro atoms. The normalized spacial score (nSPS) is 9.68. The summed E-state index contributed by atoms with van der Waals surface area (Å²) >= 11 is 0. The zero-order valence-corrected chi connectivity index (χ0v) is 19.0. The maximum absolute atomic E-state index is 4.24. The molecule has 0 bridgehead atoms. The standard InChI is InChI=1S/C16H11N2.C11H8N.Ir/c1-2-6-13(7-3-1)14-8-4-9-15(12-14)16-17-10-5-11-18-16;1-2-6-10(7-3-1)11-8-4-5-9-12-11;/h1-8,10-12H;1-6,8-9H;/q2*-1;. The van der Waals surface area contributed by atoms with Gasteiger partial charge in [-0.05, 0) is 23.4 Å². The van der Waals surface area contributed by atoms with Crippen LogP contribution in [0.3, 0.4) is 0 Å². The maximum atomic E-state index is 4.24. The van der Waals surface area contributed by atoms with Crippen LogP contribution in [0.1, 0.15) is 0 Å². The zero-order valence-electron chi connectivity index (χ0n) is 16.6. The van der Waals surface area contributed by atoms with E-state index in [9.17, 15) is 0 Å². The van der Waals surface area contributed by atoms with Crippen LogP contribution in [0.15, 0.2) is 116 Å². The van der Waals surface area contributed by atoms with Gasteiger partial charge in [-0.2, -0.15) is 0 Å². The molecule has 0 N–H and O–H groups in total. The van der Waals surface area contributed by atoms with Crippen molar-refractivity contribution in [3.63, 3.8) is 0 Å². The van der Waals surface area contributed by atoms with Gasteiger partial charge in [-0.25, -0.2) is 0 Å². The van der Waals surface area contributed by atoms with E-state index >= 15 is 0 Å². The molecule has 2 aromatic heterocycles. The second-order valence-electron chi connectivity index (χ2n) is 6.42. The Morgan fingerprint density at radius 1 is 0.516 bits per heavy atom. The summed E-state index contributed by atoms with van der Waals surface area (Å²) in [7, 11) is 0. The van der Waals surface area contributed by atoms with Crippen molar-refractivity contribution in [1.29, 1.82) is 0 Å². The molecule has 2 heterocycles. The number of pyridine rings is 1. The Kier molecular flexibility index (Phi) is 8.36. The first-order chi connectivity index (χ1) is 14.9. The van der Waals surface area contributed by atoms with Gasteiger partial charge in [0.15, 0.2) is 0 Å². The van der Waals surface area contributed by atoms with Crippen LogP contribution in [0.25, 0.3) is 33.8 Å². The Morgan fingerprint density at radius 2 is 1.23 bits per heavy atom. The molecule has 0 amide bonds. The molecule has 0 aliphatic heterocycles. The molecule has 0 unspecified atom stereocenters. The van der Waals surface area contributed by atoms with Crippen molar-refractivity contribution in [2.45, 2.75) is 0 Å². The van der Waals surface area contributed by atoms with Crippen molar-refractivity contribution in [1.82, 2.24) is 15.0 Å². The summed E-state index contributed by atoms with van der Waals surface area (Å²) in [6.07, 6.45) is 5.27. The van der Waals surface area contributed by atoms with E-state index in [4.69, 9.17) is 0 Å². The van der Waals surface area contributed by atoms with Gasteiger partial charge in [0.05, 0.1) is 5.82 Å². The third-order valence-corrected chi connectivity index (χ3v) is 4.37. The zero-order chi connectivity index (χ0) is 20.4. The molecule has 0 aliphatic carbocycles. The summed E-state index contributed by atoms with van der Waals surface area (Å²) in [6.45, 7) is 0. The van der Waals surface area contributed by atoms with E-state index in [1.165, 1.54) is 5.56 Å². The third-order valence-electron chi connectivity index (χ3n) is 4.37. The van der Waals surface area contributed by atoms with Crippen LogP contribution in [0, 0.1) is 12.1 Å². The fourth-order valence-electron chi connectivity index (χ4n) is 2.92. The van der Waals surface area contributed by atoms with E-state index in [0.29, 0.717) is 5.82 Å². The molecular weight excluding hydrogens is 559 g/mol. The largest absolute Gasteiger partial charge is 0.305 e. The summed E-state index contributed by atoms with van der Waals surface area (Å²) in [5, 5.41) is 0. The van der Waals surface area contributed by atoms with E-state index in [2.05, 4.69) is 45.3 Å². The van der Waals surface area contributed by atoms with Gasteiger partial charge in [0.1, 0.15) is 0 Å². The number of hydrogen-bond acceptors (Lipinski definition) is 3. The monoisotopic (exact) mass is 578 g/mol. The number of aromatic nitrogens is 3. The molecule has 0 fully saturated rings. The molecule has 1 radical (unpaired) electrons. The van der Waals surface area contributed by atoms with Gasteiger partial charge in [0.25, 0.3) is 0 Å². The smallest absolute Gasteiger partial charge is 0.0748 e. The average Bonchev–Trinajstić information content (AvgIpc) is 2.87. The van der Waals surface area contributed by atoms with Gasteiger partial charge in [-0.3, -0.25) is 9.97 Å². The van der Waals surface area contributed by atoms with E-state index in [-0.39, 0.29) is 20.1 Å². The molecule has 5 aromatic rings. The van der Waals surface area contributed by atoms with Gasteiger partial charge < -0.3 is 4.98 Å². The van der Waals surface area contributed by atoms with Crippen molar-refractivity contribution in [3.05, 3.63) is 128 Å². The van der Waals surface area contributed by atoms with Crippen molar-refractivity contribution >= 4 is 0 Å². The number of hydrogen-bond donors (Lipinski definition) is 0. The minimum atomic E-state index is 0. The Balaban J connectivity index is 0.000000183. The fraction of sp³-hybridized carbons (Fsp3) is 0. The molecule has 3 nitrogen and oxygen atoms in total.